The summed E-state index contributed by atoms with van der Waals surface area (Å²) in [5.41, 5.74) is 2.51. The van der Waals surface area contributed by atoms with E-state index in [1.807, 2.05) is 19.9 Å². The van der Waals surface area contributed by atoms with E-state index in [4.69, 9.17) is 0 Å². The minimum atomic E-state index is -1.13. The van der Waals surface area contributed by atoms with Crippen LogP contribution in [0.4, 0.5) is 4.39 Å². The second-order valence-electron chi connectivity index (χ2n) is 11.3. The van der Waals surface area contributed by atoms with E-state index in [0.717, 1.165) is 12.0 Å². The monoisotopic (exact) mass is 430 g/mol. The molecule has 0 bridgehead atoms. The van der Waals surface area contributed by atoms with Crippen molar-refractivity contribution in [2.75, 3.05) is 0 Å². The molecule has 2 N–H and O–H groups in total. The summed E-state index contributed by atoms with van der Waals surface area (Å²) >= 11 is 0. The molecule has 3 saturated carbocycles. The van der Waals surface area contributed by atoms with Crippen LogP contribution in [-0.4, -0.2) is 28.1 Å². The van der Waals surface area contributed by atoms with E-state index in [-0.39, 0.29) is 17.8 Å². The Balaban J connectivity index is 1.76. The van der Waals surface area contributed by atoms with Crippen molar-refractivity contribution in [3.8, 4) is 0 Å². The van der Waals surface area contributed by atoms with Gasteiger partial charge in [0.25, 0.3) is 0 Å². The quantitative estimate of drug-likeness (QED) is 0.476. The number of aliphatic hydroxyl groups excluding tert-OH is 1. The average molecular weight is 431 g/mol. The third-order valence-corrected chi connectivity index (χ3v) is 8.71. The molecule has 3 heteroatoms. The first-order valence-corrected chi connectivity index (χ1v) is 12.2. The molecule has 0 amide bonds. The summed E-state index contributed by atoms with van der Waals surface area (Å²) in [7, 11) is 0. The number of hydrogen-bond acceptors (Lipinski definition) is 2. The highest BCUT2D eigenvalue weighted by Gasteiger charge is 2.50. The zero-order chi connectivity index (χ0) is 23.0. The number of fused-ring (bicyclic) bond motifs is 1. The van der Waals surface area contributed by atoms with E-state index < -0.39 is 17.9 Å². The molecule has 0 radical (unpaired) electrons. The van der Waals surface area contributed by atoms with Gasteiger partial charge >= 0.3 is 0 Å². The van der Waals surface area contributed by atoms with Crippen molar-refractivity contribution in [3.63, 3.8) is 0 Å². The first kappa shape index (κ1) is 24.5. The molecular formula is C28H43FO2. The van der Waals surface area contributed by atoms with Crippen LogP contribution < -0.4 is 0 Å². The van der Waals surface area contributed by atoms with Crippen LogP contribution >= 0.6 is 0 Å². The van der Waals surface area contributed by atoms with Crippen LogP contribution in [0.1, 0.15) is 79.6 Å². The molecule has 0 aliphatic heterocycles. The molecule has 0 saturated heterocycles. The summed E-state index contributed by atoms with van der Waals surface area (Å²) in [5.74, 6) is 1.83. The van der Waals surface area contributed by atoms with Gasteiger partial charge in [-0.2, -0.15) is 0 Å². The van der Waals surface area contributed by atoms with Crippen molar-refractivity contribution in [2.24, 2.45) is 29.1 Å². The molecule has 2 nitrogen and oxygen atoms in total. The fourth-order valence-corrected chi connectivity index (χ4v) is 6.29. The molecule has 174 valence electrons. The van der Waals surface area contributed by atoms with E-state index in [2.05, 4.69) is 45.6 Å². The largest absolute Gasteiger partial charge is 0.393 e. The van der Waals surface area contributed by atoms with Crippen molar-refractivity contribution in [1.29, 1.82) is 0 Å². The number of aliphatic hydroxyl groups is 2. The van der Waals surface area contributed by atoms with Gasteiger partial charge in [0.15, 0.2) is 0 Å². The van der Waals surface area contributed by atoms with Gasteiger partial charge in [-0.05, 0) is 86.7 Å². The van der Waals surface area contributed by atoms with Crippen molar-refractivity contribution < 1.29 is 14.6 Å². The Hall–Kier alpha value is -1.19. The summed E-state index contributed by atoms with van der Waals surface area (Å²) in [4.78, 5) is 0. The Morgan fingerprint density at radius 2 is 1.90 bits per heavy atom. The van der Waals surface area contributed by atoms with Crippen molar-refractivity contribution >= 4 is 0 Å². The molecule has 0 aromatic carbocycles. The molecule has 3 aliphatic carbocycles. The van der Waals surface area contributed by atoms with Gasteiger partial charge in [-0.3, -0.25) is 0 Å². The van der Waals surface area contributed by atoms with Gasteiger partial charge in [0.1, 0.15) is 6.17 Å². The lowest BCUT2D eigenvalue weighted by molar-refractivity contribution is 0.0436. The van der Waals surface area contributed by atoms with Crippen molar-refractivity contribution in [1.82, 2.24) is 0 Å². The zero-order valence-corrected chi connectivity index (χ0v) is 20.2. The van der Waals surface area contributed by atoms with Gasteiger partial charge in [-0.1, -0.05) is 57.2 Å². The fourth-order valence-electron chi connectivity index (χ4n) is 6.29. The Labute approximate surface area is 189 Å². The van der Waals surface area contributed by atoms with Gasteiger partial charge in [0.05, 0.1) is 11.7 Å². The number of halogens is 1. The second kappa shape index (κ2) is 9.35. The maximum absolute atomic E-state index is 14.1. The minimum Gasteiger partial charge on any atom is -0.393 e. The van der Waals surface area contributed by atoms with E-state index in [0.29, 0.717) is 29.7 Å². The Morgan fingerprint density at radius 3 is 2.58 bits per heavy atom. The maximum Gasteiger partial charge on any atom is 0.127 e. The van der Waals surface area contributed by atoms with Crippen LogP contribution in [0.25, 0.3) is 0 Å². The van der Waals surface area contributed by atoms with Crippen molar-refractivity contribution in [2.45, 2.75) is 97.4 Å². The second-order valence-corrected chi connectivity index (χ2v) is 11.3. The molecule has 0 spiro atoms. The number of hydrogen-bond donors (Lipinski definition) is 2. The topological polar surface area (TPSA) is 40.5 Å². The van der Waals surface area contributed by atoms with Crippen molar-refractivity contribution in [3.05, 3.63) is 47.6 Å². The first-order chi connectivity index (χ1) is 14.4. The molecule has 0 heterocycles. The number of rotatable bonds is 5. The molecule has 7 atom stereocenters. The molecule has 3 rings (SSSR count). The van der Waals surface area contributed by atoms with E-state index in [1.165, 1.54) is 31.3 Å². The smallest absolute Gasteiger partial charge is 0.127 e. The number of allylic oxidation sites excluding steroid dienone is 5. The predicted octanol–water partition coefficient (Wildman–Crippen LogP) is 6.70. The lowest BCUT2D eigenvalue weighted by atomic mass is 9.61. The lowest BCUT2D eigenvalue weighted by Gasteiger charge is -2.44. The summed E-state index contributed by atoms with van der Waals surface area (Å²) in [6.45, 7) is 14.6. The predicted molar refractivity (Wildman–Crippen MR) is 127 cm³/mol. The van der Waals surface area contributed by atoms with E-state index in [9.17, 15) is 14.6 Å². The van der Waals surface area contributed by atoms with Crippen LogP contribution in [0.2, 0.25) is 0 Å². The zero-order valence-electron chi connectivity index (χ0n) is 20.2. The maximum atomic E-state index is 14.1. The van der Waals surface area contributed by atoms with Gasteiger partial charge < -0.3 is 10.2 Å². The molecule has 1 unspecified atom stereocenters. The van der Waals surface area contributed by atoms with Crippen LogP contribution in [0.3, 0.4) is 0 Å². The standard InChI is InChI=1S/C28H43FO2/c1-18(9-10-19(2)27(4,5)31)24-13-14-25-21(8-7-15-28(24,25)6)11-12-22-16-23(30)17-26(29)20(22)3/h9-12,18-19,23-26,30-31H,3,7-8,13-17H2,1-2,4-6H3/t18-,19+,23-,24-,25?,26-,28-/m1/s1. The molecule has 31 heavy (non-hydrogen) atoms. The summed E-state index contributed by atoms with van der Waals surface area (Å²) in [6.07, 6.45) is 13.8. The van der Waals surface area contributed by atoms with Crippen LogP contribution in [0.5, 0.6) is 0 Å². The highest BCUT2D eigenvalue weighted by Crippen LogP contribution is 2.59. The normalized spacial score (nSPS) is 39.3. The first-order valence-electron chi connectivity index (χ1n) is 12.2. The SMILES string of the molecule is C=C1C(=CC=C2CCC[C@@]3(C)C2CC[C@@H]3[C@H](C)C=C[C@H](C)C(C)(C)O)C[C@@H](O)C[C@H]1F. The molecular weight excluding hydrogens is 387 g/mol. The summed E-state index contributed by atoms with van der Waals surface area (Å²) in [5, 5.41) is 20.2. The van der Waals surface area contributed by atoms with Crippen LogP contribution in [0.15, 0.2) is 47.6 Å². The van der Waals surface area contributed by atoms with Gasteiger partial charge in [0.2, 0.25) is 0 Å². The molecule has 0 aromatic rings. The third kappa shape index (κ3) is 5.25. The Kier molecular flexibility index (Phi) is 7.38. The third-order valence-electron chi connectivity index (χ3n) is 8.71. The summed E-state index contributed by atoms with van der Waals surface area (Å²) < 4.78 is 14.1. The van der Waals surface area contributed by atoms with Crippen LogP contribution in [0, 0.1) is 29.1 Å². The van der Waals surface area contributed by atoms with Gasteiger partial charge in [0, 0.05) is 12.3 Å². The Morgan fingerprint density at radius 1 is 1.19 bits per heavy atom. The summed E-state index contributed by atoms with van der Waals surface area (Å²) in [6, 6.07) is 0. The van der Waals surface area contributed by atoms with E-state index >= 15 is 0 Å². The lowest BCUT2D eigenvalue weighted by Crippen LogP contribution is -2.35. The van der Waals surface area contributed by atoms with E-state index in [1.54, 1.807) is 0 Å². The number of alkyl halides is 1. The molecule has 0 aromatic heterocycles. The highest BCUT2D eigenvalue weighted by atomic mass is 19.1. The fraction of sp³-hybridized carbons (Fsp3) is 0.714. The molecule has 3 aliphatic rings. The minimum absolute atomic E-state index is 0.131. The van der Waals surface area contributed by atoms with Gasteiger partial charge in [-0.25, -0.2) is 4.39 Å². The molecule has 3 fully saturated rings. The Bertz CT molecular complexity index is 755. The highest BCUT2D eigenvalue weighted by molar-refractivity contribution is 5.38. The van der Waals surface area contributed by atoms with Crippen LogP contribution in [-0.2, 0) is 0 Å². The average Bonchev–Trinajstić information content (AvgIpc) is 3.04. The van der Waals surface area contributed by atoms with Gasteiger partial charge in [-0.15, -0.1) is 0 Å².